The van der Waals surface area contributed by atoms with Crippen LogP contribution in [0.2, 0.25) is 8.67 Å². The molecule has 1 aromatic rings. The van der Waals surface area contributed by atoms with Crippen LogP contribution in [-0.2, 0) is 0 Å². The zero-order valence-electron chi connectivity index (χ0n) is 9.13. The Bertz CT molecular complexity index is 427. The predicted molar refractivity (Wildman–Crippen MR) is 70.1 cm³/mol. The van der Waals surface area contributed by atoms with Crippen LogP contribution in [0, 0.1) is 0 Å². The Balaban J connectivity index is 1.95. The number of amides is 1. The van der Waals surface area contributed by atoms with E-state index >= 15 is 0 Å². The minimum Gasteiger partial charge on any atom is -0.388 e. The van der Waals surface area contributed by atoms with E-state index in [0.29, 0.717) is 14.2 Å². The van der Waals surface area contributed by atoms with Gasteiger partial charge in [0, 0.05) is 6.54 Å². The summed E-state index contributed by atoms with van der Waals surface area (Å²) in [6, 6.07) is 1.54. The Morgan fingerprint density at radius 3 is 2.65 bits per heavy atom. The van der Waals surface area contributed by atoms with Crippen molar-refractivity contribution in [2.45, 2.75) is 31.3 Å². The Morgan fingerprint density at radius 2 is 2.12 bits per heavy atom. The van der Waals surface area contributed by atoms with Crippen molar-refractivity contribution in [2.24, 2.45) is 0 Å². The van der Waals surface area contributed by atoms with Crippen molar-refractivity contribution >= 4 is 40.4 Å². The molecule has 0 saturated heterocycles. The van der Waals surface area contributed by atoms with E-state index < -0.39 is 5.60 Å². The predicted octanol–water partition coefficient (Wildman–Crippen LogP) is 3.09. The van der Waals surface area contributed by atoms with Crippen molar-refractivity contribution in [1.29, 1.82) is 0 Å². The summed E-state index contributed by atoms with van der Waals surface area (Å²) in [5.41, 5.74) is -0.370. The van der Waals surface area contributed by atoms with Crippen LogP contribution < -0.4 is 5.32 Å². The number of nitrogens with one attached hydrogen (secondary N) is 1. The minimum atomic E-state index is -0.748. The Labute approximate surface area is 114 Å². The summed E-state index contributed by atoms with van der Waals surface area (Å²) in [6.07, 6.45) is 3.51. The van der Waals surface area contributed by atoms with Crippen LogP contribution in [0.1, 0.15) is 36.0 Å². The maximum absolute atomic E-state index is 11.8. The normalized spacial score (nSPS) is 18.3. The van der Waals surface area contributed by atoms with Gasteiger partial charge in [-0.2, -0.15) is 0 Å². The van der Waals surface area contributed by atoms with Gasteiger partial charge in [-0.25, -0.2) is 0 Å². The number of halogens is 2. The molecule has 2 rings (SSSR count). The van der Waals surface area contributed by atoms with E-state index in [2.05, 4.69) is 5.32 Å². The second kappa shape index (κ2) is 5.14. The highest BCUT2D eigenvalue weighted by Crippen LogP contribution is 2.32. The van der Waals surface area contributed by atoms with Gasteiger partial charge in [0.2, 0.25) is 0 Å². The zero-order valence-corrected chi connectivity index (χ0v) is 11.5. The summed E-state index contributed by atoms with van der Waals surface area (Å²) in [5, 5.41) is 12.8. The highest BCUT2D eigenvalue weighted by Gasteiger charge is 2.31. The third kappa shape index (κ3) is 3.13. The molecule has 1 aliphatic carbocycles. The van der Waals surface area contributed by atoms with Crippen LogP contribution in [0.25, 0.3) is 0 Å². The molecule has 17 heavy (non-hydrogen) atoms. The molecular formula is C11H13Cl2NO2S. The van der Waals surface area contributed by atoms with Crippen LogP contribution in [0.15, 0.2) is 6.07 Å². The van der Waals surface area contributed by atoms with E-state index in [9.17, 15) is 9.90 Å². The van der Waals surface area contributed by atoms with Gasteiger partial charge < -0.3 is 10.4 Å². The van der Waals surface area contributed by atoms with Crippen LogP contribution in [-0.4, -0.2) is 23.2 Å². The number of rotatable bonds is 3. The monoisotopic (exact) mass is 293 g/mol. The number of hydrogen-bond donors (Lipinski definition) is 2. The Hall–Kier alpha value is -0.290. The van der Waals surface area contributed by atoms with Crippen molar-refractivity contribution in [3.8, 4) is 0 Å². The van der Waals surface area contributed by atoms with Crippen LogP contribution in [0.3, 0.4) is 0 Å². The Morgan fingerprint density at radius 1 is 1.47 bits per heavy atom. The van der Waals surface area contributed by atoms with Gasteiger partial charge in [-0.1, -0.05) is 36.0 Å². The van der Waals surface area contributed by atoms with Crippen LogP contribution >= 0.6 is 34.5 Å². The average Bonchev–Trinajstić information content (AvgIpc) is 2.83. The van der Waals surface area contributed by atoms with E-state index in [1.807, 2.05) is 0 Å². The lowest BCUT2D eigenvalue weighted by molar-refractivity contribution is 0.0450. The van der Waals surface area contributed by atoms with E-state index in [1.54, 1.807) is 6.07 Å². The Kier molecular flexibility index (Phi) is 3.98. The molecule has 0 aromatic carbocycles. The minimum absolute atomic E-state index is 0.273. The topological polar surface area (TPSA) is 49.3 Å². The molecule has 0 unspecified atom stereocenters. The zero-order chi connectivity index (χ0) is 12.5. The third-order valence-electron chi connectivity index (χ3n) is 3.01. The van der Waals surface area contributed by atoms with Gasteiger partial charge in [-0.05, 0) is 18.9 Å². The standard InChI is InChI=1S/C11H13Cl2NO2S/c12-8-5-7(9(13)17-8)10(15)14-6-11(16)3-1-2-4-11/h5,16H,1-4,6H2,(H,14,15). The molecule has 0 bridgehead atoms. The third-order valence-corrected chi connectivity index (χ3v) is 4.50. The fourth-order valence-corrected chi connectivity index (χ4v) is 3.50. The van der Waals surface area contributed by atoms with E-state index in [1.165, 1.54) is 0 Å². The van der Waals surface area contributed by atoms with E-state index in [0.717, 1.165) is 37.0 Å². The van der Waals surface area contributed by atoms with E-state index in [4.69, 9.17) is 23.2 Å². The summed E-state index contributed by atoms with van der Waals surface area (Å²) in [6.45, 7) is 0.273. The molecule has 1 aliphatic rings. The number of aliphatic hydroxyl groups is 1. The molecule has 1 heterocycles. The highest BCUT2D eigenvalue weighted by molar-refractivity contribution is 7.20. The van der Waals surface area contributed by atoms with E-state index in [-0.39, 0.29) is 12.5 Å². The lowest BCUT2D eigenvalue weighted by atomic mass is 10.0. The summed E-state index contributed by atoms with van der Waals surface area (Å²) < 4.78 is 0.866. The maximum Gasteiger partial charge on any atom is 0.253 e. The molecule has 0 atom stereocenters. The molecule has 1 fully saturated rings. The first kappa shape index (κ1) is 13.1. The number of hydrogen-bond acceptors (Lipinski definition) is 3. The number of thiophene rings is 1. The van der Waals surface area contributed by atoms with Gasteiger partial charge in [-0.15, -0.1) is 11.3 Å². The van der Waals surface area contributed by atoms with Crippen molar-refractivity contribution < 1.29 is 9.90 Å². The second-order valence-electron chi connectivity index (χ2n) is 4.35. The smallest absolute Gasteiger partial charge is 0.253 e. The molecule has 0 spiro atoms. The number of carbonyl (C=O) groups is 1. The van der Waals surface area contributed by atoms with Crippen molar-refractivity contribution in [3.05, 3.63) is 20.3 Å². The van der Waals surface area contributed by atoms with Gasteiger partial charge in [-0.3, -0.25) is 4.79 Å². The van der Waals surface area contributed by atoms with Gasteiger partial charge in [0.1, 0.15) is 4.34 Å². The molecule has 2 N–H and O–H groups in total. The molecule has 1 saturated carbocycles. The summed E-state index contributed by atoms with van der Waals surface area (Å²) in [7, 11) is 0. The summed E-state index contributed by atoms with van der Waals surface area (Å²) in [5.74, 6) is -0.279. The van der Waals surface area contributed by atoms with Crippen molar-refractivity contribution in [3.63, 3.8) is 0 Å². The molecule has 3 nitrogen and oxygen atoms in total. The lowest BCUT2D eigenvalue weighted by Crippen LogP contribution is -2.40. The van der Waals surface area contributed by atoms with Crippen LogP contribution in [0.5, 0.6) is 0 Å². The summed E-state index contributed by atoms with van der Waals surface area (Å²) >= 11 is 12.8. The van der Waals surface area contributed by atoms with Crippen LogP contribution in [0.4, 0.5) is 0 Å². The largest absolute Gasteiger partial charge is 0.388 e. The molecule has 0 radical (unpaired) electrons. The number of carbonyl (C=O) groups excluding carboxylic acids is 1. The molecule has 1 amide bonds. The first-order valence-corrected chi connectivity index (χ1v) is 7.03. The lowest BCUT2D eigenvalue weighted by Gasteiger charge is -2.22. The molecule has 1 aromatic heterocycles. The molecule has 6 heteroatoms. The van der Waals surface area contributed by atoms with Gasteiger partial charge in [0.15, 0.2) is 0 Å². The highest BCUT2D eigenvalue weighted by atomic mass is 35.5. The second-order valence-corrected chi connectivity index (χ2v) is 6.64. The molecule has 0 aliphatic heterocycles. The quantitative estimate of drug-likeness (QED) is 0.900. The van der Waals surface area contributed by atoms with Gasteiger partial charge in [0.25, 0.3) is 5.91 Å². The fraction of sp³-hybridized carbons (Fsp3) is 0.545. The maximum atomic E-state index is 11.8. The summed E-state index contributed by atoms with van der Waals surface area (Å²) in [4.78, 5) is 11.8. The van der Waals surface area contributed by atoms with Crippen molar-refractivity contribution in [1.82, 2.24) is 5.32 Å². The molecular weight excluding hydrogens is 281 g/mol. The van der Waals surface area contributed by atoms with Crippen molar-refractivity contribution in [2.75, 3.05) is 6.54 Å². The first-order chi connectivity index (χ1) is 8.00. The van der Waals surface area contributed by atoms with Gasteiger partial charge in [0.05, 0.1) is 15.5 Å². The average molecular weight is 294 g/mol. The fourth-order valence-electron chi connectivity index (χ4n) is 2.04. The van der Waals surface area contributed by atoms with Gasteiger partial charge >= 0.3 is 0 Å². The molecule has 94 valence electrons. The first-order valence-electron chi connectivity index (χ1n) is 5.46. The SMILES string of the molecule is O=C(NCC1(O)CCCC1)c1cc(Cl)sc1Cl.